The van der Waals surface area contributed by atoms with E-state index in [2.05, 4.69) is 19.6 Å². The fraction of sp³-hybridized carbons (Fsp3) is 0.333. The van der Waals surface area contributed by atoms with Crippen LogP contribution < -0.4 is 14.8 Å². The molecule has 0 unspecified atom stereocenters. The second-order valence-electron chi connectivity index (χ2n) is 8.37. The van der Waals surface area contributed by atoms with Gasteiger partial charge in [-0.15, -0.1) is 0 Å². The first-order valence-electron chi connectivity index (χ1n) is 10.9. The lowest BCUT2D eigenvalue weighted by Gasteiger charge is -2.16. The quantitative estimate of drug-likeness (QED) is 0.536. The lowest BCUT2D eigenvalue weighted by atomic mass is 10.0. The zero-order valence-corrected chi connectivity index (χ0v) is 20.0. The van der Waals surface area contributed by atoms with Gasteiger partial charge in [-0.05, 0) is 43.7 Å². The van der Waals surface area contributed by atoms with Crippen molar-refractivity contribution in [2.75, 3.05) is 24.8 Å². The van der Waals surface area contributed by atoms with Crippen molar-refractivity contribution in [3.8, 4) is 22.8 Å². The SMILES string of the molecule is CC(C)N=[S@](C)(=O)Cc1cc2nc(c1)OCCCOc1cc(F)ccc1-c1cc(ncc1F)N2. The molecule has 0 aliphatic carbocycles. The van der Waals surface area contributed by atoms with Crippen molar-refractivity contribution in [2.45, 2.75) is 32.1 Å². The number of nitrogens with zero attached hydrogens (tertiary/aromatic N) is 3. The summed E-state index contributed by atoms with van der Waals surface area (Å²) in [4.78, 5) is 8.57. The zero-order chi connectivity index (χ0) is 24.3. The first-order chi connectivity index (χ1) is 16.2. The molecular formula is C24H26F2N4O3S. The molecule has 1 atom stereocenters. The third kappa shape index (κ3) is 5.99. The number of aromatic nitrogens is 2. The Balaban J connectivity index is 1.76. The number of rotatable bonds is 3. The van der Waals surface area contributed by atoms with Gasteiger partial charge in [0.25, 0.3) is 0 Å². The van der Waals surface area contributed by atoms with E-state index >= 15 is 0 Å². The molecule has 0 saturated carbocycles. The smallest absolute Gasteiger partial charge is 0.215 e. The van der Waals surface area contributed by atoms with Crippen LogP contribution in [0.4, 0.5) is 20.4 Å². The molecule has 4 bridgehead atoms. The molecule has 0 saturated heterocycles. The Bertz CT molecular complexity index is 1320. The molecular weight excluding hydrogens is 462 g/mol. The maximum absolute atomic E-state index is 14.7. The summed E-state index contributed by atoms with van der Waals surface area (Å²) in [6.45, 7) is 4.29. The number of pyridine rings is 2. The summed E-state index contributed by atoms with van der Waals surface area (Å²) in [5.41, 5.74) is 1.35. The fourth-order valence-electron chi connectivity index (χ4n) is 3.67. The number of nitrogens with one attached hydrogen (secondary N) is 1. The number of hydrogen-bond donors (Lipinski definition) is 1. The van der Waals surface area contributed by atoms with E-state index in [1.165, 1.54) is 24.3 Å². The molecule has 180 valence electrons. The number of halogens is 2. The highest BCUT2D eigenvalue weighted by molar-refractivity contribution is 7.92. The van der Waals surface area contributed by atoms with Gasteiger partial charge in [-0.25, -0.2) is 22.3 Å². The summed E-state index contributed by atoms with van der Waals surface area (Å²) in [5, 5.41) is 3.07. The lowest BCUT2D eigenvalue weighted by Crippen LogP contribution is -2.10. The van der Waals surface area contributed by atoms with Gasteiger partial charge >= 0.3 is 0 Å². The van der Waals surface area contributed by atoms with Crippen molar-refractivity contribution < 1.29 is 22.5 Å². The van der Waals surface area contributed by atoms with Crippen molar-refractivity contribution >= 4 is 21.4 Å². The molecule has 4 rings (SSSR count). The maximum Gasteiger partial charge on any atom is 0.215 e. The highest BCUT2D eigenvalue weighted by Gasteiger charge is 2.16. The van der Waals surface area contributed by atoms with Gasteiger partial charge in [-0.2, -0.15) is 4.98 Å². The summed E-state index contributed by atoms with van der Waals surface area (Å²) in [6, 6.07) is 8.88. The van der Waals surface area contributed by atoms with E-state index in [-0.39, 0.29) is 36.3 Å². The van der Waals surface area contributed by atoms with Gasteiger partial charge in [-0.3, -0.25) is 0 Å². The topological polar surface area (TPSA) is 85.7 Å². The Labute approximate surface area is 197 Å². The molecule has 1 aliphatic heterocycles. The van der Waals surface area contributed by atoms with E-state index in [4.69, 9.17) is 9.47 Å². The standard InChI is InChI=1S/C24H26F2N4O3S/c1-15(2)30-34(3,31)14-16-9-23-28-22-12-19(20(26)13-27-22)18-6-5-17(25)11-21(18)32-7-4-8-33-24(10-16)29-23/h5-6,9-13,15H,4,7-8,14H2,1-3H3,(H,27,28,29)/t34-/m1/s1. The number of anilines is 2. The van der Waals surface area contributed by atoms with Crippen LogP contribution in [0.15, 0.2) is 47.0 Å². The van der Waals surface area contributed by atoms with Crippen LogP contribution in [0.5, 0.6) is 11.6 Å². The van der Waals surface area contributed by atoms with Crippen LogP contribution in [-0.2, 0) is 15.5 Å². The number of ether oxygens (including phenoxy) is 2. The van der Waals surface area contributed by atoms with E-state index < -0.39 is 21.4 Å². The summed E-state index contributed by atoms with van der Waals surface area (Å²) in [7, 11) is -2.46. The molecule has 2 aromatic heterocycles. The highest BCUT2D eigenvalue weighted by Crippen LogP contribution is 2.34. The Hall–Kier alpha value is -3.27. The summed E-state index contributed by atoms with van der Waals surface area (Å²) in [5.74, 6) is 0.480. The van der Waals surface area contributed by atoms with Crippen molar-refractivity contribution in [3.63, 3.8) is 0 Å². The molecule has 1 aromatic carbocycles. The molecule has 3 heterocycles. The van der Waals surface area contributed by atoms with Crippen LogP contribution in [0.1, 0.15) is 25.8 Å². The number of benzene rings is 1. The van der Waals surface area contributed by atoms with E-state index in [1.54, 1.807) is 18.4 Å². The molecule has 3 aromatic rings. The molecule has 1 N–H and O–H groups in total. The zero-order valence-electron chi connectivity index (χ0n) is 19.2. The van der Waals surface area contributed by atoms with Crippen LogP contribution in [0.3, 0.4) is 0 Å². The summed E-state index contributed by atoms with van der Waals surface area (Å²) in [6.07, 6.45) is 3.19. The Morgan fingerprint density at radius 1 is 1.09 bits per heavy atom. The van der Waals surface area contributed by atoms with E-state index in [9.17, 15) is 13.0 Å². The van der Waals surface area contributed by atoms with Crippen LogP contribution >= 0.6 is 0 Å². The average Bonchev–Trinajstić information content (AvgIpc) is 2.73. The second kappa shape index (κ2) is 9.92. The second-order valence-corrected chi connectivity index (χ2v) is 10.8. The monoisotopic (exact) mass is 488 g/mol. The minimum atomic E-state index is -2.46. The molecule has 1 aliphatic rings. The largest absolute Gasteiger partial charge is 0.493 e. The highest BCUT2D eigenvalue weighted by atomic mass is 32.2. The molecule has 0 amide bonds. The molecule has 10 heteroatoms. The Morgan fingerprint density at radius 3 is 2.68 bits per heavy atom. The van der Waals surface area contributed by atoms with Gasteiger partial charge < -0.3 is 14.8 Å². The average molecular weight is 489 g/mol. The lowest BCUT2D eigenvalue weighted by molar-refractivity contribution is 0.242. The minimum Gasteiger partial charge on any atom is -0.493 e. The number of hydrogen-bond acceptors (Lipinski definition) is 7. The van der Waals surface area contributed by atoms with Crippen molar-refractivity contribution in [3.05, 3.63) is 59.8 Å². The molecule has 0 radical (unpaired) electrons. The molecule has 7 nitrogen and oxygen atoms in total. The summed E-state index contributed by atoms with van der Waals surface area (Å²) >= 11 is 0. The van der Waals surface area contributed by atoms with E-state index in [0.29, 0.717) is 29.5 Å². The maximum atomic E-state index is 14.7. The van der Waals surface area contributed by atoms with Crippen molar-refractivity contribution in [1.82, 2.24) is 9.97 Å². The Kier molecular flexibility index (Phi) is 6.97. The summed E-state index contributed by atoms with van der Waals surface area (Å²) < 4.78 is 57.4. The van der Waals surface area contributed by atoms with Crippen LogP contribution in [-0.4, -0.2) is 39.7 Å². The van der Waals surface area contributed by atoms with Crippen molar-refractivity contribution in [1.29, 1.82) is 0 Å². The van der Waals surface area contributed by atoms with Crippen LogP contribution in [0.25, 0.3) is 11.1 Å². The fourth-order valence-corrected chi connectivity index (χ4v) is 5.43. The number of fused-ring (bicyclic) bond motifs is 6. The molecule has 34 heavy (non-hydrogen) atoms. The van der Waals surface area contributed by atoms with Gasteiger partial charge in [0, 0.05) is 45.7 Å². The first-order valence-corrected chi connectivity index (χ1v) is 13.0. The third-order valence-corrected chi connectivity index (χ3v) is 6.61. The van der Waals surface area contributed by atoms with Crippen LogP contribution in [0.2, 0.25) is 0 Å². The molecule has 0 spiro atoms. The van der Waals surface area contributed by atoms with Gasteiger partial charge in [0.15, 0.2) is 0 Å². The van der Waals surface area contributed by atoms with Gasteiger partial charge in [0.05, 0.1) is 31.2 Å². The van der Waals surface area contributed by atoms with Gasteiger partial charge in [-0.1, -0.05) is 0 Å². The van der Waals surface area contributed by atoms with Crippen LogP contribution in [0, 0.1) is 11.6 Å². The molecule has 0 fully saturated rings. The predicted molar refractivity (Wildman–Crippen MR) is 128 cm³/mol. The van der Waals surface area contributed by atoms with Crippen molar-refractivity contribution in [2.24, 2.45) is 4.36 Å². The van der Waals surface area contributed by atoms with Gasteiger partial charge in [0.1, 0.15) is 29.0 Å². The Morgan fingerprint density at radius 2 is 1.88 bits per heavy atom. The predicted octanol–water partition coefficient (Wildman–Crippen LogP) is 5.33. The van der Waals surface area contributed by atoms with E-state index in [0.717, 1.165) is 11.8 Å². The normalized spacial score (nSPS) is 15.1. The minimum absolute atomic E-state index is 0.0589. The van der Waals surface area contributed by atoms with Gasteiger partial charge in [0.2, 0.25) is 5.88 Å². The third-order valence-electron chi connectivity index (χ3n) is 4.87. The first kappa shape index (κ1) is 23.9. The van der Waals surface area contributed by atoms with E-state index in [1.807, 2.05) is 13.8 Å².